The largest absolute Gasteiger partial charge is 0.458 e. The van der Waals surface area contributed by atoms with Gasteiger partial charge in [0.05, 0.1) is 29.8 Å². The van der Waals surface area contributed by atoms with Crippen molar-refractivity contribution in [2.24, 2.45) is 40.4 Å². The van der Waals surface area contributed by atoms with Crippen LogP contribution in [0.4, 0.5) is 0 Å². The third kappa shape index (κ3) is 2.63. The number of allylic oxidation sites excluding steroid dienone is 4. The average Bonchev–Trinajstić information content (AvgIpc) is 3.15. The Hall–Kier alpha value is -1.76. The van der Waals surface area contributed by atoms with Gasteiger partial charge >= 0.3 is 5.97 Å². The number of hydrogen-bond acceptors (Lipinski definition) is 6. The molecule has 2 aliphatic heterocycles. The lowest BCUT2D eigenvalue weighted by Crippen LogP contribution is -2.66. The summed E-state index contributed by atoms with van der Waals surface area (Å²) in [5, 5.41) is 23.4. The molecule has 4 fully saturated rings. The Kier molecular flexibility index (Phi) is 4.77. The van der Waals surface area contributed by atoms with Crippen LogP contribution in [-0.2, 0) is 19.1 Å². The molecule has 6 rings (SSSR count). The Morgan fingerprint density at radius 2 is 1.79 bits per heavy atom. The van der Waals surface area contributed by atoms with Crippen molar-refractivity contribution in [3.05, 3.63) is 36.0 Å². The highest BCUT2D eigenvalue weighted by Crippen LogP contribution is 2.67. The van der Waals surface area contributed by atoms with Gasteiger partial charge in [-0.05, 0) is 63.4 Å². The summed E-state index contributed by atoms with van der Waals surface area (Å²) in [6.45, 7) is 10.3. The van der Waals surface area contributed by atoms with Crippen LogP contribution >= 0.6 is 0 Å². The normalized spacial score (nSPS) is 54.0. The number of carbonyl (C=O) groups is 2. The standard InChI is InChI=1S/C28H36O6/c1-14-25(32)34-20-12-26(14,2)33-13-17(20)19-11-10-18-16-9-8-15-6-5-7-21(29)27(15,3)22(16)23(30)24(31)28(18,19)4/h5,7-8,16-20,22-24,30-31H,1,6,9-13H2,2-4H3/t16-,17-,18-,19+,20+,22+,23-,24+,26+,27+,28-/m0/s1. The maximum absolute atomic E-state index is 13.2. The molecular formula is C28H36O6. The van der Waals surface area contributed by atoms with Gasteiger partial charge in [-0.15, -0.1) is 0 Å². The van der Waals surface area contributed by atoms with Crippen LogP contribution in [0.15, 0.2) is 36.0 Å². The molecule has 4 aliphatic carbocycles. The van der Waals surface area contributed by atoms with E-state index in [1.165, 1.54) is 0 Å². The number of aliphatic hydroxyl groups is 2. The smallest absolute Gasteiger partial charge is 0.336 e. The van der Waals surface area contributed by atoms with Crippen molar-refractivity contribution < 1.29 is 29.3 Å². The fourth-order valence-electron chi connectivity index (χ4n) is 9.10. The third-order valence-electron chi connectivity index (χ3n) is 11.1. The van der Waals surface area contributed by atoms with Crippen LogP contribution in [0.1, 0.15) is 52.9 Å². The maximum Gasteiger partial charge on any atom is 0.336 e. The van der Waals surface area contributed by atoms with Gasteiger partial charge < -0.3 is 19.7 Å². The van der Waals surface area contributed by atoms with Crippen molar-refractivity contribution in [3.8, 4) is 0 Å². The molecule has 11 atom stereocenters. The Labute approximate surface area is 201 Å². The SMILES string of the molecule is C=C1C(=O)O[C@@H]2C[C@@]1(C)OC[C@H]2[C@H]1CC[C@H]2[C@@H]3CC=C4CC=CC(=O)[C@]4(C)[C@H]3[C@H](O)[C@@H](O)[C@]12C. The molecule has 2 bridgehead atoms. The summed E-state index contributed by atoms with van der Waals surface area (Å²) in [5.74, 6) is -0.330. The molecule has 6 heteroatoms. The number of hydrogen-bond donors (Lipinski definition) is 2. The fourth-order valence-corrected chi connectivity index (χ4v) is 9.10. The minimum atomic E-state index is -0.987. The Morgan fingerprint density at radius 1 is 1.09 bits per heavy atom. The molecule has 0 aromatic heterocycles. The Balaban J connectivity index is 1.35. The summed E-state index contributed by atoms with van der Waals surface area (Å²) < 4.78 is 12.1. The molecule has 0 unspecified atom stereocenters. The highest BCUT2D eigenvalue weighted by molar-refractivity contribution is 5.98. The zero-order valence-electron chi connectivity index (χ0n) is 20.3. The summed E-state index contributed by atoms with van der Waals surface area (Å²) in [6.07, 6.45) is 7.52. The molecule has 6 nitrogen and oxygen atoms in total. The van der Waals surface area contributed by atoms with Gasteiger partial charge in [0.1, 0.15) is 11.7 Å². The summed E-state index contributed by atoms with van der Waals surface area (Å²) in [4.78, 5) is 25.7. The lowest BCUT2D eigenvalue weighted by Gasteiger charge is -2.61. The van der Waals surface area contributed by atoms with E-state index in [1.807, 2.05) is 19.9 Å². The molecule has 0 amide bonds. The molecule has 34 heavy (non-hydrogen) atoms. The van der Waals surface area contributed by atoms with Gasteiger partial charge in [0, 0.05) is 23.7 Å². The van der Waals surface area contributed by atoms with Crippen LogP contribution in [0.2, 0.25) is 0 Å². The van der Waals surface area contributed by atoms with Crippen LogP contribution in [-0.4, -0.2) is 52.5 Å². The van der Waals surface area contributed by atoms with E-state index in [4.69, 9.17) is 9.47 Å². The quantitative estimate of drug-likeness (QED) is 0.349. The number of carbonyl (C=O) groups excluding carboxylic acids is 2. The van der Waals surface area contributed by atoms with E-state index in [9.17, 15) is 19.8 Å². The molecule has 2 saturated heterocycles. The fraction of sp³-hybridized carbons (Fsp3) is 0.714. The van der Waals surface area contributed by atoms with Gasteiger partial charge in [-0.2, -0.15) is 0 Å². The molecule has 6 aliphatic rings. The second kappa shape index (κ2) is 7.14. The first kappa shape index (κ1) is 22.7. The van der Waals surface area contributed by atoms with E-state index in [1.54, 1.807) is 6.08 Å². The second-order valence-electron chi connectivity index (χ2n) is 12.3. The summed E-state index contributed by atoms with van der Waals surface area (Å²) in [5.41, 5.74) is -0.539. The van der Waals surface area contributed by atoms with Crippen LogP contribution in [0.25, 0.3) is 0 Å². The van der Waals surface area contributed by atoms with E-state index in [0.29, 0.717) is 18.6 Å². The lowest BCUT2D eigenvalue weighted by molar-refractivity contribution is -0.225. The van der Waals surface area contributed by atoms with Crippen LogP contribution in [0.5, 0.6) is 0 Å². The number of rotatable bonds is 1. The van der Waals surface area contributed by atoms with Gasteiger partial charge in [0.25, 0.3) is 0 Å². The van der Waals surface area contributed by atoms with Crippen LogP contribution in [0, 0.1) is 40.4 Å². The zero-order chi connectivity index (χ0) is 24.2. The number of fused-ring (bicyclic) bond motifs is 7. The minimum Gasteiger partial charge on any atom is -0.458 e. The monoisotopic (exact) mass is 468 g/mol. The molecule has 0 radical (unpaired) electrons. The Bertz CT molecular complexity index is 1030. The van der Waals surface area contributed by atoms with Gasteiger partial charge in [0.2, 0.25) is 0 Å². The van der Waals surface area contributed by atoms with Crippen molar-refractivity contribution in [1.29, 1.82) is 0 Å². The lowest BCUT2D eigenvalue weighted by atomic mass is 9.45. The topological polar surface area (TPSA) is 93.1 Å². The predicted octanol–water partition coefficient (Wildman–Crippen LogP) is 3.13. The maximum atomic E-state index is 13.2. The first-order valence-electron chi connectivity index (χ1n) is 12.8. The highest BCUT2D eigenvalue weighted by Gasteiger charge is 2.68. The van der Waals surface area contributed by atoms with Crippen LogP contribution in [0.3, 0.4) is 0 Å². The average molecular weight is 469 g/mol. The Morgan fingerprint density at radius 3 is 2.53 bits per heavy atom. The number of ketones is 1. The van der Waals surface area contributed by atoms with E-state index >= 15 is 0 Å². The summed E-state index contributed by atoms with van der Waals surface area (Å²) in [6, 6.07) is 0. The minimum absolute atomic E-state index is 0.0388. The van der Waals surface area contributed by atoms with Crippen molar-refractivity contribution >= 4 is 11.8 Å². The van der Waals surface area contributed by atoms with Gasteiger partial charge in [-0.1, -0.05) is 31.2 Å². The van der Waals surface area contributed by atoms with Gasteiger partial charge in [-0.3, -0.25) is 4.79 Å². The molecule has 2 N–H and O–H groups in total. The van der Waals surface area contributed by atoms with E-state index in [0.717, 1.165) is 31.3 Å². The molecule has 0 aromatic rings. The zero-order valence-corrected chi connectivity index (χ0v) is 20.3. The number of esters is 1. The number of ether oxygens (including phenoxy) is 2. The van der Waals surface area contributed by atoms with Crippen molar-refractivity contribution in [3.63, 3.8) is 0 Å². The van der Waals surface area contributed by atoms with Gasteiger partial charge in [0.15, 0.2) is 5.78 Å². The first-order valence-corrected chi connectivity index (χ1v) is 12.8. The predicted molar refractivity (Wildman–Crippen MR) is 124 cm³/mol. The van der Waals surface area contributed by atoms with Crippen molar-refractivity contribution in [2.75, 3.05) is 6.61 Å². The summed E-state index contributed by atoms with van der Waals surface area (Å²) in [7, 11) is 0. The van der Waals surface area contributed by atoms with Crippen LogP contribution < -0.4 is 0 Å². The number of aliphatic hydroxyl groups excluding tert-OH is 2. The van der Waals surface area contributed by atoms with Crippen molar-refractivity contribution in [1.82, 2.24) is 0 Å². The van der Waals surface area contributed by atoms with E-state index in [-0.39, 0.29) is 41.5 Å². The molecular weight excluding hydrogens is 432 g/mol. The molecule has 2 saturated carbocycles. The first-order chi connectivity index (χ1) is 16.0. The molecule has 0 aromatic carbocycles. The molecule has 184 valence electrons. The van der Waals surface area contributed by atoms with Gasteiger partial charge in [-0.25, -0.2) is 4.79 Å². The summed E-state index contributed by atoms with van der Waals surface area (Å²) >= 11 is 0. The molecule has 0 spiro atoms. The van der Waals surface area contributed by atoms with E-state index < -0.39 is 34.6 Å². The highest BCUT2D eigenvalue weighted by atomic mass is 16.6. The van der Waals surface area contributed by atoms with E-state index in [2.05, 4.69) is 19.6 Å². The third-order valence-corrected chi connectivity index (χ3v) is 11.1. The van der Waals surface area contributed by atoms with Crippen molar-refractivity contribution in [2.45, 2.75) is 76.8 Å². The second-order valence-corrected chi connectivity index (χ2v) is 12.3. The molecule has 2 heterocycles.